The molecule has 6 heteroatoms. The largest absolute Gasteiger partial charge is 0.339 e. The SMILES string of the molecule is NCCc1nc(CSc2ccccc2F)no1. The van der Waals surface area contributed by atoms with Crippen molar-refractivity contribution < 1.29 is 8.91 Å². The molecule has 0 radical (unpaired) electrons. The molecule has 2 rings (SSSR count). The Kier molecular flexibility index (Phi) is 4.11. The summed E-state index contributed by atoms with van der Waals surface area (Å²) in [5.41, 5.74) is 5.37. The van der Waals surface area contributed by atoms with Gasteiger partial charge in [-0.05, 0) is 12.1 Å². The second kappa shape index (κ2) is 5.79. The van der Waals surface area contributed by atoms with E-state index in [0.29, 0.717) is 35.3 Å². The molecule has 0 amide bonds. The molecule has 0 spiro atoms. The van der Waals surface area contributed by atoms with Gasteiger partial charge in [-0.15, -0.1) is 11.8 Å². The molecule has 0 saturated carbocycles. The van der Waals surface area contributed by atoms with Gasteiger partial charge in [0.15, 0.2) is 5.82 Å². The molecule has 0 aliphatic heterocycles. The Labute approximate surface area is 102 Å². The number of aromatic nitrogens is 2. The molecular formula is C11H12FN3OS. The fourth-order valence-corrected chi connectivity index (χ4v) is 2.06. The first-order valence-electron chi connectivity index (χ1n) is 5.18. The number of hydrogen-bond donors (Lipinski definition) is 1. The first-order chi connectivity index (χ1) is 8.29. The van der Waals surface area contributed by atoms with Crippen molar-refractivity contribution in [1.29, 1.82) is 0 Å². The molecule has 1 heterocycles. The molecule has 0 unspecified atom stereocenters. The fraction of sp³-hybridized carbons (Fsp3) is 0.273. The number of hydrogen-bond acceptors (Lipinski definition) is 5. The van der Waals surface area contributed by atoms with Gasteiger partial charge in [-0.2, -0.15) is 4.98 Å². The summed E-state index contributed by atoms with van der Waals surface area (Å²) in [5.74, 6) is 1.33. The van der Waals surface area contributed by atoms with E-state index in [2.05, 4.69) is 10.1 Å². The Bertz CT molecular complexity index is 489. The first-order valence-corrected chi connectivity index (χ1v) is 6.17. The Morgan fingerprint density at radius 1 is 1.35 bits per heavy atom. The highest BCUT2D eigenvalue weighted by molar-refractivity contribution is 7.98. The van der Waals surface area contributed by atoms with E-state index in [4.69, 9.17) is 10.3 Å². The number of rotatable bonds is 5. The third-order valence-corrected chi connectivity index (χ3v) is 3.11. The molecule has 17 heavy (non-hydrogen) atoms. The van der Waals surface area contributed by atoms with Crippen molar-refractivity contribution in [2.45, 2.75) is 17.1 Å². The molecule has 0 aliphatic carbocycles. The molecule has 0 saturated heterocycles. The van der Waals surface area contributed by atoms with Crippen LogP contribution in [0.5, 0.6) is 0 Å². The van der Waals surface area contributed by atoms with Gasteiger partial charge in [-0.1, -0.05) is 17.3 Å². The second-order valence-electron chi connectivity index (χ2n) is 3.36. The van der Waals surface area contributed by atoms with Gasteiger partial charge in [0.1, 0.15) is 5.82 Å². The van der Waals surface area contributed by atoms with Gasteiger partial charge in [0.05, 0.1) is 5.75 Å². The minimum absolute atomic E-state index is 0.233. The zero-order valence-corrected chi connectivity index (χ0v) is 9.91. The summed E-state index contributed by atoms with van der Waals surface area (Å²) in [7, 11) is 0. The van der Waals surface area contributed by atoms with Crippen molar-refractivity contribution >= 4 is 11.8 Å². The smallest absolute Gasteiger partial charge is 0.227 e. The summed E-state index contributed by atoms with van der Waals surface area (Å²) < 4.78 is 18.3. The van der Waals surface area contributed by atoms with Gasteiger partial charge < -0.3 is 10.3 Å². The van der Waals surface area contributed by atoms with E-state index >= 15 is 0 Å². The topological polar surface area (TPSA) is 64.9 Å². The lowest BCUT2D eigenvalue weighted by Gasteiger charge is -1.99. The highest BCUT2D eigenvalue weighted by Gasteiger charge is 2.07. The fourth-order valence-electron chi connectivity index (χ4n) is 1.28. The molecule has 2 aromatic rings. The highest BCUT2D eigenvalue weighted by Crippen LogP contribution is 2.24. The monoisotopic (exact) mass is 253 g/mol. The Balaban J connectivity index is 1.95. The van der Waals surface area contributed by atoms with Gasteiger partial charge in [0, 0.05) is 17.9 Å². The van der Waals surface area contributed by atoms with Crippen LogP contribution in [0.2, 0.25) is 0 Å². The summed E-state index contributed by atoms with van der Waals surface area (Å²) in [5, 5.41) is 3.79. The number of thioether (sulfide) groups is 1. The quantitative estimate of drug-likeness (QED) is 0.826. The number of nitrogens with zero attached hydrogens (tertiary/aromatic N) is 2. The van der Waals surface area contributed by atoms with Crippen LogP contribution >= 0.6 is 11.8 Å². The minimum Gasteiger partial charge on any atom is -0.339 e. The molecule has 0 bridgehead atoms. The summed E-state index contributed by atoms with van der Waals surface area (Å²) in [6.07, 6.45) is 0.567. The van der Waals surface area contributed by atoms with Gasteiger partial charge in [0.2, 0.25) is 5.89 Å². The Morgan fingerprint density at radius 2 is 2.18 bits per heavy atom. The van der Waals surface area contributed by atoms with Gasteiger partial charge in [-0.3, -0.25) is 0 Å². The standard InChI is InChI=1S/C11H12FN3OS/c12-8-3-1-2-4-9(8)17-7-10-14-11(5-6-13)16-15-10/h1-4H,5-7,13H2. The molecular weight excluding hydrogens is 241 g/mol. The predicted molar refractivity (Wildman–Crippen MR) is 63.0 cm³/mol. The van der Waals surface area contributed by atoms with E-state index < -0.39 is 0 Å². The molecule has 1 aromatic heterocycles. The number of halogens is 1. The van der Waals surface area contributed by atoms with E-state index in [0.717, 1.165) is 0 Å². The predicted octanol–water partition coefficient (Wildman–Crippen LogP) is 2.00. The van der Waals surface area contributed by atoms with Crippen molar-refractivity contribution in [3.05, 3.63) is 41.8 Å². The molecule has 0 aliphatic rings. The van der Waals surface area contributed by atoms with Crippen molar-refractivity contribution in [3.63, 3.8) is 0 Å². The normalized spacial score (nSPS) is 10.7. The zero-order chi connectivity index (χ0) is 12.1. The molecule has 1 aromatic carbocycles. The minimum atomic E-state index is -0.233. The number of nitrogens with two attached hydrogens (primary N) is 1. The maximum absolute atomic E-state index is 13.3. The van der Waals surface area contributed by atoms with Gasteiger partial charge in [-0.25, -0.2) is 4.39 Å². The summed E-state index contributed by atoms with van der Waals surface area (Å²) in [6.45, 7) is 0.474. The van der Waals surface area contributed by atoms with Crippen LogP contribution in [0.15, 0.2) is 33.7 Å². The Hall–Kier alpha value is -1.40. The van der Waals surface area contributed by atoms with Gasteiger partial charge >= 0.3 is 0 Å². The van der Waals surface area contributed by atoms with Crippen molar-refractivity contribution in [3.8, 4) is 0 Å². The summed E-state index contributed by atoms with van der Waals surface area (Å²) in [4.78, 5) is 4.72. The lowest BCUT2D eigenvalue weighted by molar-refractivity contribution is 0.376. The number of benzene rings is 1. The lowest BCUT2D eigenvalue weighted by Crippen LogP contribution is -2.02. The summed E-state index contributed by atoms with van der Waals surface area (Å²) in [6, 6.07) is 6.61. The van der Waals surface area contributed by atoms with Crippen LogP contribution in [0.25, 0.3) is 0 Å². The van der Waals surface area contributed by atoms with Crippen LogP contribution in [0.3, 0.4) is 0 Å². The maximum atomic E-state index is 13.3. The maximum Gasteiger partial charge on any atom is 0.227 e. The molecule has 4 nitrogen and oxygen atoms in total. The van der Waals surface area contributed by atoms with Crippen LogP contribution in [-0.4, -0.2) is 16.7 Å². The summed E-state index contributed by atoms with van der Waals surface area (Å²) >= 11 is 1.34. The van der Waals surface area contributed by atoms with Crippen LogP contribution in [0, 0.1) is 5.82 Å². The average molecular weight is 253 g/mol. The van der Waals surface area contributed by atoms with Crippen LogP contribution in [0.1, 0.15) is 11.7 Å². The molecule has 90 valence electrons. The second-order valence-corrected chi connectivity index (χ2v) is 4.38. The van der Waals surface area contributed by atoms with Crippen molar-refractivity contribution in [2.24, 2.45) is 5.73 Å². The van der Waals surface area contributed by atoms with E-state index in [1.54, 1.807) is 18.2 Å². The first kappa shape index (κ1) is 12.1. The average Bonchev–Trinajstić information content (AvgIpc) is 2.76. The molecule has 2 N–H and O–H groups in total. The van der Waals surface area contributed by atoms with E-state index in [1.807, 2.05) is 0 Å². The zero-order valence-electron chi connectivity index (χ0n) is 9.10. The van der Waals surface area contributed by atoms with Crippen LogP contribution in [0.4, 0.5) is 4.39 Å². The van der Waals surface area contributed by atoms with E-state index in [-0.39, 0.29) is 5.82 Å². The van der Waals surface area contributed by atoms with E-state index in [1.165, 1.54) is 17.8 Å². The van der Waals surface area contributed by atoms with Crippen molar-refractivity contribution in [2.75, 3.05) is 6.54 Å². The van der Waals surface area contributed by atoms with Gasteiger partial charge in [0.25, 0.3) is 0 Å². The molecule has 0 atom stereocenters. The van der Waals surface area contributed by atoms with Crippen LogP contribution in [-0.2, 0) is 12.2 Å². The highest BCUT2D eigenvalue weighted by atomic mass is 32.2. The van der Waals surface area contributed by atoms with Crippen molar-refractivity contribution in [1.82, 2.24) is 10.1 Å². The van der Waals surface area contributed by atoms with E-state index in [9.17, 15) is 4.39 Å². The third-order valence-electron chi connectivity index (χ3n) is 2.06. The molecule has 0 fully saturated rings. The van der Waals surface area contributed by atoms with Crippen LogP contribution < -0.4 is 5.73 Å². The third kappa shape index (κ3) is 3.28. The Morgan fingerprint density at radius 3 is 2.94 bits per heavy atom. The lowest BCUT2D eigenvalue weighted by atomic mass is 10.3.